The predicted molar refractivity (Wildman–Crippen MR) is 69.8 cm³/mol. The van der Waals surface area contributed by atoms with Gasteiger partial charge in [-0.3, -0.25) is 0 Å². The van der Waals surface area contributed by atoms with Gasteiger partial charge in [-0.1, -0.05) is 33.1 Å². The van der Waals surface area contributed by atoms with Crippen LogP contribution in [-0.4, -0.2) is 25.8 Å². The van der Waals surface area contributed by atoms with E-state index in [-0.39, 0.29) is 0 Å². The van der Waals surface area contributed by atoms with Crippen molar-refractivity contribution in [2.45, 2.75) is 64.8 Å². The molecule has 0 aromatic rings. The van der Waals surface area contributed by atoms with Crippen LogP contribution in [0.2, 0.25) is 0 Å². The fraction of sp³-hybridized carbons (Fsp3) is 1.00. The fourth-order valence-electron chi connectivity index (χ4n) is 2.57. The van der Waals surface area contributed by atoms with Crippen molar-refractivity contribution >= 4 is 0 Å². The first-order valence-electron chi connectivity index (χ1n) is 7.18. The molecule has 0 aromatic heterocycles. The van der Waals surface area contributed by atoms with Gasteiger partial charge in [-0.15, -0.1) is 0 Å². The molecule has 96 valence electrons. The summed E-state index contributed by atoms with van der Waals surface area (Å²) in [6.07, 6.45) is 9.30. The zero-order chi connectivity index (χ0) is 11.6. The number of hydrogen-bond acceptors (Lipinski definition) is 2. The van der Waals surface area contributed by atoms with Crippen LogP contribution in [0, 0.1) is 5.92 Å². The lowest BCUT2D eigenvalue weighted by atomic mass is 9.84. The summed E-state index contributed by atoms with van der Waals surface area (Å²) in [4.78, 5) is 0. The van der Waals surface area contributed by atoms with Crippen LogP contribution in [0.3, 0.4) is 0 Å². The number of rotatable bonds is 8. The number of nitrogens with one attached hydrogen (secondary N) is 1. The Bertz CT molecular complexity index is 161. The Morgan fingerprint density at radius 3 is 2.81 bits per heavy atom. The summed E-state index contributed by atoms with van der Waals surface area (Å²) >= 11 is 0. The number of ether oxygens (including phenoxy) is 1. The maximum Gasteiger partial charge on any atom is 0.0478 e. The van der Waals surface area contributed by atoms with Crippen molar-refractivity contribution in [2.24, 2.45) is 5.92 Å². The van der Waals surface area contributed by atoms with E-state index in [1.54, 1.807) is 0 Å². The van der Waals surface area contributed by atoms with Crippen LogP contribution >= 0.6 is 0 Å². The van der Waals surface area contributed by atoms with E-state index < -0.39 is 0 Å². The largest absolute Gasteiger partial charge is 0.381 e. The highest BCUT2D eigenvalue weighted by atomic mass is 16.5. The van der Waals surface area contributed by atoms with Crippen LogP contribution < -0.4 is 5.32 Å². The Morgan fingerprint density at radius 1 is 1.19 bits per heavy atom. The summed E-state index contributed by atoms with van der Waals surface area (Å²) < 4.78 is 5.47. The maximum atomic E-state index is 5.47. The van der Waals surface area contributed by atoms with Crippen molar-refractivity contribution in [3.8, 4) is 0 Å². The molecule has 1 fully saturated rings. The van der Waals surface area contributed by atoms with Crippen LogP contribution in [0.1, 0.15) is 58.8 Å². The van der Waals surface area contributed by atoms with E-state index in [9.17, 15) is 0 Å². The SMILES string of the molecule is CCCOCCCNC1CCCC(CC)C1. The Hall–Kier alpha value is -0.0800. The summed E-state index contributed by atoms with van der Waals surface area (Å²) in [6.45, 7) is 7.45. The van der Waals surface area contributed by atoms with Crippen molar-refractivity contribution in [1.82, 2.24) is 5.32 Å². The zero-order valence-corrected chi connectivity index (χ0v) is 11.1. The first-order chi connectivity index (χ1) is 7.86. The van der Waals surface area contributed by atoms with Crippen LogP contribution in [0.4, 0.5) is 0 Å². The van der Waals surface area contributed by atoms with Crippen LogP contribution in [-0.2, 0) is 4.74 Å². The van der Waals surface area contributed by atoms with E-state index in [4.69, 9.17) is 4.74 Å². The van der Waals surface area contributed by atoms with Crippen molar-refractivity contribution in [2.75, 3.05) is 19.8 Å². The summed E-state index contributed by atoms with van der Waals surface area (Å²) in [7, 11) is 0. The molecule has 2 atom stereocenters. The van der Waals surface area contributed by atoms with Crippen LogP contribution in [0.15, 0.2) is 0 Å². The van der Waals surface area contributed by atoms with Gasteiger partial charge in [0.1, 0.15) is 0 Å². The quantitative estimate of drug-likeness (QED) is 0.642. The molecule has 0 saturated heterocycles. The summed E-state index contributed by atoms with van der Waals surface area (Å²) in [5, 5.41) is 3.68. The zero-order valence-electron chi connectivity index (χ0n) is 11.1. The smallest absolute Gasteiger partial charge is 0.0478 e. The lowest BCUT2D eigenvalue weighted by Gasteiger charge is -2.29. The minimum atomic E-state index is 0.782. The molecule has 16 heavy (non-hydrogen) atoms. The Balaban J connectivity index is 1.95. The van der Waals surface area contributed by atoms with Gasteiger partial charge in [0.15, 0.2) is 0 Å². The van der Waals surface area contributed by atoms with Gasteiger partial charge >= 0.3 is 0 Å². The number of hydrogen-bond donors (Lipinski definition) is 1. The van der Waals surface area contributed by atoms with Crippen LogP contribution in [0.5, 0.6) is 0 Å². The molecule has 1 N–H and O–H groups in total. The Morgan fingerprint density at radius 2 is 2.06 bits per heavy atom. The second-order valence-corrected chi connectivity index (χ2v) is 5.06. The van der Waals surface area contributed by atoms with Gasteiger partial charge in [-0.2, -0.15) is 0 Å². The van der Waals surface area contributed by atoms with Gasteiger partial charge in [0.05, 0.1) is 0 Å². The van der Waals surface area contributed by atoms with Crippen molar-refractivity contribution in [3.05, 3.63) is 0 Å². The second-order valence-electron chi connectivity index (χ2n) is 5.06. The van der Waals surface area contributed by atoms with Crippen LogP contribution in [0.25, 0.3) is 0 Å². The van der Waals surface area contributed by atoms with Gasteiger partial charge in [0.2, 0.25) is 0 Å². The molecule has 2 unspecified atom stereocenters. The van der Waals surface area contributed by atoms with Gasteiger partial charge in [-0.05, 0) is 38.1 Å². The average molecular weight is 227 g/mol. The minimum absolute atomic E-state index is 0.782. The molecule has 0 amide bonds. The Labute approximate surface area is 101 Å². The second kappa shape index (κ2) is 9.00. The maximum absolute atomic E-state index is 5.47. The first kappa shape index (κ1) is 14.0. The molecular weight excluding hydrogens is 198 g/mol. The monoisotopic (exact) mass is 227 g/mol. The van der Waals surface area contributed by atoms with Crippen molar-refractivity contribution in [1.29, 1.82) is 0 Å². The van der Waals surface area contributed by atoms with Crippen molar-refractivity contribution < 1.29 is 4.74 Å². The van der Waals surface area contributed by atoms with E-state index >= 15 is 0 Å². The molecule has 0 aliphatic heterocycles. The molecule has 1 aliphatic carbocycles. The highest BCUT2D eigenvalue weighted by Gasteiger charge is 2.19. The molecule has 1 rings (SSSR count). The normalized spacial score (nSPS) is 25.9. The standard InChI is InChI=1S/C14H29NO/c1-3-10-16-11-6-9-15-14-8-5-7-13(4-2)12-14/h13-15H,3-12H2,1-2H3. The average Bonchev–Trinajstić information content (AvgIpc) is 2.34. The molecule has 0 radical (unpaired) electrons. The van der Waals surface area contributed by atoms with Gasteiger partial charge in [0.25, 0.3) is 0 Å². The Kier molecular flexibility index (Phi) is 7.87. The summed E-state index contributed by atoms with van der Waals surface area (Å²) in [6, 6.07) is 0.782. The van der Waals surface area contributed by atoms with E-state index in [0.717, 1.165) is 44.6 Å². The molecule has 2 heteroatoms. The van der Waals surface area contributed by atoms with E-state index in [1.807, 2.05) is 0 Å². The third kappa shape index (κ3) is 5.86. The molecule has 2 nitrogen and oxygen atoms in total. The van der Waals surface area contributed by atoms with Crippen molar-refractivity contribution in [3.63, 3.8) is 0 Å². The molecular formula is C14H29NO. The molecule has 0 spiro atoms. The van der Waals surface area contributed by atoms with E-state index in [0.29, 0.717) is 0 Å². The fourth-order valence-corrected chi connectivity index (χ4v) is 2.57. The minimum Gasteiger partial charge on any atom is -0.381 e. The third-order valence-corrected chi connectivity index (χ3v) is 3.61. The highest BCUT2D eigenvalue weighted by Crippen LogP contribution is 2.26. The summed E-state index contributed by atoms with van der Waals surface area (Å²) in [5.74, 6) is 0.975. The summed E-state index contributed by atoms with van der Waals surface area (Å²) in [5.41, 5.74) is 0. The predicted octanol–water partition coefficient (Wildman–Crippen LogP) is 3.36. The molecule has 0 bridgehead atoms. The molecule has 0 heterocycles. The topological polar surface area (TPSA) is 21.3 Å². The first-order valence-corrected chi connectivity index (χ1v) is 7.18. The molecule has 1 aliphatic rings. The third-order valence-electron chi connectivity index (χ3n) is 3.61. The molecule has 0 aromatic carbocycles. The highest BCUT2D eigenvalue weighted by molar-refractivity contribution is 4.77. The van der Waals surface area contributed by atoms with Gasteiger partial charge < -0.3 is 10.1 Å². The lowest BCUT2D eigenvalue weighted by Crippen LogP contribution is -2.35. The van der Waals surface area contributed by atoms with E-state index in [1.165, 1.54) is 32.1 Å². The van der Waals surface area contributed by atoms with Gasteiger partial charge in [-0.25, -0.2) is 0 Å². The molecule has 1 saturated carbocycles. The van der Waals surface area contributed by atoms with Gasteiger partial charge in [0, 0.05) is 19.3 Å². The van der Waals surface area contributed by atoms with E-state index in [2.05, 4.69) is 19.2 Å². The lowest BCUT2D eigenvalue weighted by molar-refractivity contribution is 0.130.